The highest BCUT2D eigenvalue weighted by atomic mass is 32.2. The molecule has 0 bridgehead atoms. The summed E-state index contributed by atoms with van der Waals surface area (Å²) in [5.41, 5.74) is 6.41. The van der Waals surface area contributed by atoms with Crippen molar-refractivity contribution in [2.24, 2.45) is 0 Å². The lowest BCUT2D eigenvalue weighted by Gasteiger charge is -2.13. The van der Waals surface area contributed by atoms with Crippen molar-refractivity contribution in [2.75, 3.05) is 13.4 Å². The molecule has 3 nitrogen and oxygen atoms in total. The standard InChI is InChI=1S/C20H21NO2S/c1-12-10-18(22-4)13(2)14(3)20(12)19-11-17(21-23-19)15-6-8-16(24-5)9-7-15/h6-11H,1-5H3. The molecule has 0 atom stereocenters. The average Bonchev–Trinajstić information content (AvgIpc) is 3.08. The van der Waals surface area contributed by atoms with E-state index in [1.807, 2.05) is 12.1 Å². The Morgan fingerprint density at radius 1 is 1.00 bits per heavy atom. The Morgan fingerprint density at radius 2 is 1.71 bits per heavy atom. The van der Waals surface area contributed by atoms with Crippen LogP contribution in [0.4, 0.5) is 0 Å². The zero-order valence-electron chi connectivity index (χ0n) is 14.6. The van der Waals surface area contributed by atoms with E-state index in [0.717, 1.165) is 45.0 Å². The van der Waals surface area contributed by atoms with Crippen LogP contribution in [0.3, 0.4) is 0 Å². The van der Waals surface area contributed by atoms with Crippen LogP contribution in [0.2, 0.25) is 0 Å². The third-order valence-electron chi connectivity index (χ3n) is 4.41. The molecule has 1 aromatic heterocycles. The first-order chi connectivity index (χ1) is 11.5. The zero-order chi connectivity index (χ0) is 17.3. The number of hydrogen-bond acceptors (Lipinski definition) is 4. The van der Waals surface area contributed by atoms with E-state index < -0.39 is 0 Å². The molecular weight excluding hydrogens is 318 g/mol. The van der Waals surface area contributed by atoms with Gasteiger partial charge in [0.25, 0.3) is 0 Å². The minimum absolute atomic E-state index is 0.791. The smallest absolute Gasteiger partial charge is 0.168 e. The van der Waals surface area contributed by atoms with Crippen LogP contribution in [-0.2, 0) is 0 Å². The fourth-order valence-electron chi connectivity index (χ4n) is 2.93. The quantitative estimate of drug-likeness (QED) is 0.574. The second kappa shape index (κ2) is 6.73. The van der Waals surface area contributed by atoms with E-state index in [9.17, 15) is 0 Å². The van der Waals surface area contributed by atoms with E-state index in [2.05, 4.69) is 56.4 Å². The van der Waals surface area contributed by atoms with E-state index >= 15 is 0 Å². The van der Waals surface area contributed by atoms with Gasteiger partial charge in [0.05, 0.1) is 7.11 Å². The second-order valence-corrected chi connectivity index (χ2v) is 6.71. The molecule has 0 saturated carbocycles. The molecule has 3 aromatic rings. The molecule has 0 aliphatic rings. The maximum atomic E-state index is 5.66. The Labute approximate surface area is 147 Å². The van der Waals surface area contributed by atoms with E-state index in [-0.39, 0.29) is 0 Å². The van der Waals surface area contributed by atoms with Gasteiger partial charge >= 0.3 is 0 Å². The number of ether oxygens (including phenoxy) is 1. The van der Waals surface area contributed by atoms with Crippen molar-refractivity contribution in [2.45, 2.75) is 25.7 Å². The second-order valence-electron chi connectivity index (χ2n) is 5.83. The Balaban J connectivity index is 2.03. The highest BCUT2D eigenvalue weighted by molar-refractivity contribution is 7.98. The van der Waals surface area contributed by atoms with Crippen molar-refractivity contribution in [3.63, 3.8) is 0 Å². The van der Waals surface area contributed by atoms with Gasteiger partial charge in [-0.3, -0.25) is 0 Å². The third kappa shape index (κ3) is 2.94. The van der Waals surface area contributed by atoms with Crippen LogP contribution in [0, 0.1) is 20.8 Å². The van der Waals surface area contributed by atoms with Gasteiger partial charge in [-0.05, 0) is 61.9 Å². The summed E-state index contributed by atoms with van der Waals surface area (Å²) in [6.45, 7) is 6.23. The molecular formula is C20H21NO2S. The number of aromatic nitrogens is 1. The molecule has 0 fully saturated rings. The maximum absolute atomic E-state index is 5.66. The number of methoxy groups -OCH3 is 1. The predicted octanol–water partition coefficient (Wildman–Crippen LogP) is 5.66. The van der Waals surface area contributed by atoms with Gasteiger partial charge in [0.2, 0.25) is 0 Å². The van der Waals surface area contributed by atoms with Gasteiger partial charge < -0.3 is 9.26 Å². The SMILES string of the molecule is COc1cc(C)c(-c2cc(-c3ccc(SC)cc3)no2)c(C)c1C. The molecule has 3 rings (SSSR count). The summed E-state index contributed by atoms with van der Waals surface area (Å²) < 4.78 is 11.1. The summed E-state index contributed by atoms with van der Waals surface area (Å²) in [7, 11) is 1.70. The maximum Gasteiger partial charge on any atom is 0.168 e. The van der Waals surface area contributed by atoms with Crippen LogP contribution in [0.25, 0.3) is 22.6 Å². The molecule has 0 aliphatic heterocycles. The van der Waals surface area contributed by atoms with Crippen LogP contribution in [0.1, 0.15) is 16.7 Å². The highest BCUT2D eigenvalue weighted by Gasteiger charge is 2.17. The van der Waals surface area contributed by atoms with Crippen LogP contribution in [-0.4, -0.2) is 18.5 Å². The Morgan fingerprint density at radius 3 is 2.33 bits per heavy atom. The van der Waals surface area contributed by atoms with Gasteiger partial charge in [-0.15, -0.1) is 11.8 Å². The predicted molar refractivity (Wildman–Crippen MR) is 99.9 cm³/mol. The van der Waals surface area contributed by atoms with Crippen molar-refractivity contribution in [3.8, 4) is 28.3 Å². The molecule has 0 amide bonds. The lowest BCUT2D eigenvalue weighted by atomic mass is 9.95. The molecule has 2 aromatic carbocycles. The molecule has 0 saturated heterocycles. The normalized spacial score (nSPS) is 10.9. The number of benzene rings is 2. The van der Waals surface area contributed by atoms with Gasteiger partial charge in [0, 0.05) is 22.1 Å². The van der Waals surface area contributed by atoms with Gasteiger partial charge in [-0.1, -0.05) is 17.3 Å². The largest absolute Gasteiger partial charge is 0.496 e. The van der Waals surface area contributed by atoms with Crippen LogP contribution in [0.5, 0.6) is 5.75 Å². The number of thioether (sulfide) groups is 1. The molecule has 0 unspecified atom stereocenters. The monoisotopic (exact) mass is 339 g/mol. The summed E-state index contributed by atoms with van der Waals surface area (Å²) in [6, 6.07) is 12.4. The average molecular weight is 339 g/mol. The number of nitrogens with zero attached hydrogens (tertiary/aromatic N) is 1. The molecule has 24 heavy (non-hydrogen) atoms. The lowest BCUT2D eigenvalue weighted by molar-refractivity contribution is 0.410. The van der Waals surface area contributed by atoms with Gasteiger partial charge in [-0.2, -0.15) is 0 Å². The highest BCUT2D eigenvalue weighted by Crippen LogP contribution is 2.36. The number of rotatable bonds is 4. The summed E-state index contributed by atoms with van der Waals surface area (Å²) in [5.74, 6) is 1.70. The Kier molecular flexibility index (Phi) is 4.67. The molecule has 0 aliphatic carbocycles. The summed E-state index contributed by atoms with van der Waals surface area (Å²) in [5, 5.41) is 4.26. The van der Waals surface area contributed by atoms with E-state index in [1.54, 1.807) is 18.9 Å². The molecule has 0 spiro atoms. The van der Waals surface area contributed by atoms with Crippen molar-refractivity contribution in [1.82, 2.24) is 5.16 Å². The topological polar surface area (TPSA) is 35.3 Å². The molecule has 4 heteroatoms. The zero-order valence-corrected chi connectivity index (χ0v) is 15.5. The van der Waals surface area contributed by atoms with Crippen LogP contribution >= 0.6 is 11.8 Å². The molecule has 124 valence electrons. The first-order valence-corrected chi connectivity index (χ1v) is 9.04. The van der Waals surface area contributed by atoms with Crippen LogP contribution < -0.4 is 4.74 Å². The summed E-state index contributed by atoms with van der Waals surface area (Å²) in [4.78, 5) is 1.24. The van der Waals surface area contributed by atoms with Crippen molar-refractivity contribution < 1.29 is 9.26 Å². The van der Waals surface area contributed by atoms with Gasteiger partial charge in [-0.25, -0.2) is 0 Å². The number of hydrogen-bond donors (Lipinski definition) is 0. The number of aryl methyl sites for hydroxylation is 1. The minimum atomic E-state index is 0.791. The fraction of sp³-hybridized carbons (Fsp3) is 0.250. The fourth-order valence-corrected chi connectivity index (χ4v) is 3.34. The summed E-state index contributed by atoms with van der Waals surface area (Å²) >= 11 is 1.73. The molecule has 0 N–H and O–H groups in total. The van der Waals surface area contributed by atoms with E-state index in [1.165, 1.54) is 4.90 Å². The van der Waals surface area contributed by atoms with Crippen molar-refractivity contribution in [3.05, 3.63) is 53.1 Å². The van der Waals surface area contributed by atoms with Crippen LogP contribution in [0.15, 0.2) is 45.8 Å². The Bertz CT molecular complexity index is 866. The van der Waals surface area contributed by atoms with Gasteiger partial charge in [0.15, 0.2) is 5.76 Å². The minimum Gasteiger partial charge on any atom is -0.496 e. The van der Waals surface area contributed by atoms with E-state index in [0.29, 0.717) is 0 Å². The lowest BCUT2D eigenvalue weighted by Crippen LogP contribution is -1.95. The molecule has 0 radical (unpaired) electrons. The first kappa shape index (κ1) is 16.7. The summed E-state index contributed by atoms with van der Waals surface area (Å²) in [6.07, 6.45) is 2.07. The van der Waals surface area contributed by atoms with E-state index in [4.69, 9.17) is 9.26 Å². The molecule has 1 heterocycles. The van der Waals surface area contributed by atoms with Crippen molar-refractivity contribution >= 4 is 11.8 Å². The Hall–Kier alpha value is -2.20. The van der Waals surface area contributed by atoms with Gasteiger partial charge in [0.1, 0.15) is 11.4 Å². The first-order valence-electron chi connectivity index (χ1n) is 7.81. The van der Waals surface area contributed by atoms with Crippen molar-refractivity contribution in [1.29, 1.82) is 0 Å². The third-order valence-corrected chi connectivity index (χ3v) is 5.15.